The zero-order valence-electron chi connectivity index (χ0n) is 13.0. The third kappa shape index (κ3) is 2.65. The van der Waals surface area contributed by atoms with Crippen molar-refractivity contribution >= 4 is 15.9 Å². The van der Waals surface area contributed by atoms with Crippen LogP contribution in [0.2, 0.25) is 0 Å². The van der Waals surface area contributed by atoms with E-state index in [0.29, 0.717) is 38.2 Å². The SMILES string of the molecule is Cc1nc(S(=O)(=O)N2CCC(N3CCCC3=O)CC2)cn1C. The van der Waals surface area contributed by atoms with E-state index in [-0.39, 0.29) is 17.0 Å². The molecule has 1 aromatic rings. The van der Waals surface area contributed by atoms with Crippen molar-refractivity contribution in [3.63, 3.8) is 0 Å². The molecule has 0 saturated carbocycles. The molecule has 0 atom stereocenters. The van der Waals surface area contributed by atoms with Gasteiger partial charge in [0, 0.05) is 45.3 Å². The number of likely N-dealkylation sites (tertiary alicyclic amines) is 1. The van der Waals surface area contributed by atoms with Crippen molar-refractivity contribution in [3.05, 3.63) is 12.0 Å². The van der Waals surface area contributed by atoms with Gasteiger partial charge in [0.2, 0.25) is 5.91 Å². The smallest absolute Gasteiger partial charge is 0.262 e. The number of amides is 1. The molecule has 0 unspecified atom stereocenters. The van der Waals surface area contributed by atoms with E-state index in [1.54, 1.807) is 24.7 Å². The highest BCUT2D eigenvalue weighted by atomic mass is 32.2. The molecule has 22 heavy (non-hydrogen) atoms. The molecule has 0 spiro atoms. The summed E-state index contributed by atoms with van der Waals surface area (Å²) in [6.07, 6.45) is 4.52. The van der Waals surface area contributed by atoms with Gasteiger partial charge in [0.05, 0.1) is 0 Å². The topological polar surface area (TPSA) is 75.5 Å². The van der Waals surface area contributed by atoms with Crippen LogP contribution in [0.25, 0.3) is 0 Å². The molecule has 0 bridgehead atoms. The summed E-state index contributed by atoms with van der Waals surface area (Å²) in [5.41, 5.74) is 0. The highest BCUT2D eigenvalue weighted by Gasteiger charge is 2.35. The number of piperidine rings is 1. The number of imidazole rings is 1. The third-order valence-electron chi connectivity index (χ3n) is 4.66. The van der Waals surface area contributed by atoms with E-state index in [1.807, 2.05) is 4.90 Å². The van der Waals surface area contributed by atoms with Gasteiger partial charge in [0.1, 0.15) is 5.82 Å². The minimum Gasteiger partial charge on any atom is -0.340 e. The van der Waals surface area contributed by atoms with Gasteiger partial charge in [-0.1, -0.05) is 0 Å². The molecule has 8 heteroatoms. The number of rotatable bonds is 3. The van der Waals surface area contributed by atoms with E-state index in [4.69, 9.17) is 0 Å². The van der Waals surface area contributed by atoms with Crippen LogP contribution in [0.3, 0.4) is 0 Å². The molecule has 0 aliphatic carbocycles. The molecule has 2 aliphatic rings. The second-order valence-corrected chi connectivity index (χ2v) is 7.95. The maximum atomic E-state index is 12.6. The van der Waals surface area contributed by atoms with Crippen LogP contribution in [0.15, 0.2) is 11.2 Å². The Morgan fingerprint density at radius 1 is 1.23 bits per heavy atom. The van der Waals surface area contributed by atoms with Gasteiger partial charge in [-0.25, -0.2) is 13.4 Å². The summed E-state index contributed by atoms with van der Waals surface area (Å²) >= 11 is 0. The van der Waals surface area contributed by atoms with Crippen LogP contribution in [0.5, 0.6) is 0 Å². The van der Waals surface area contributed by atoms with Crippen molar-refractivity contribution in [2.24, 2.45) is 7.05 Å². The second kappa shape index (κ2) is 5.66. The molecule has 2 fully saturated rings. The number of carbonyl (C=O) groups excluding carboxylic acids is 1. The van der Waals surface area contributed by atoms with Gasteiger partial charge in [-0.15, -0.1) is 0 Å². The van der Waals surface area contributed by atoms with Crippen LogP contribution in [-0.2, 0) is 21.9 Å². The highest BCUT2D eigenvalue weighted by molar-refractivity contribution is 7.89. The molecule has 1 aromatic heterocycles. The zero-order valence-corrected chi connectivity index (χ0v) is 13.8. The Labute approximate surface area is 131 Å². The summed E-state index contributed by atoms with van der Waals surface area (Å²) in [7, 11) is -1.74. The maximum Gasteiger partial charge on any atom is 0.262 e. The number of hydrogen-bond donors (Lipinski definition) is 0. The molecule has 7 nitrogen and oxygen atoms in total. The predicted octanol–water partition coefficient (Wildman–Crippen LogP) is 0.504. The fourth-order valence-corrected chi connectivity index (χ4v) is 4.73. The molecule has 3 rings (SSSR count). The van der Waals surface area contributed by atoms with Gasteiger partial charge in [-0.3, -0.25) is 4.79 Å². The first kappa shape index (κ1) is 15.5. The lowest BCUT2D eigenvalue weighted by Crippen LogP contribution is -2.47. The summed E-state index contributed by atoms with van der Waals surface area (Å²) < 4.78 is 28.4. The predicted molar refractivity (Wildman–Crippen MR) is 80.7 cm³/mol. The average molecular weight is 326 g/mol. The molecule has 0 aromatic carbocycles. The van der Waals surface area contributed by atoms with Crippen molar-refractivity contribution in [2.75, 3.05) is 19.6 Å². The van der Waals surface area contributed by atoms with E-state index >= 15 is 0 Å². The third-order valence-corrected chi connectivity index (χ3v) is 6.44. The molecule has 0 radical (unpaired) electrons. The number of hydrogen-bond acceptors (Lipinski definition) is 4. The number of aryl methyl sites for hydroxylation is 2. The largest absolute Gasteiger partial charge is 0.340 e. The van der Waals surface area contributed by atoms with Gasteiger partial charge in [-0.05, 0) is 26.2 Å². The van der Waals surface area contributed by atoms with Gasteiger partial charge < -0.3 is 9.47 Å². The van der Waals surface area contributed by atoms with Crippen LogP contribution in [0, 0.1) is 6.92 Å². The first-order valence-electron chi connectivity index (χ1n) is 7.69. The van der Waals surface area contributed by atoms with Gasteiger partial charge in [0.25, 0.3) is 10.0 Å². The Morgan fingerprint density at radius 3 is 2.41 bits per heavy atom. The summed E-state index contributed by atoms with van der Waals surface area (Å²) in [6.45, 7) is 3.50. The molecule has 2 saturated heterocycles. The van der Waals surface area contributed by atoms with E-state index in [2.05, 4.69) is 4.98 Å². The fourth-order valence-electron chi connectivity index (χ4n) is 3.23. The normalized spacial score (nSPS) is 21.7. The fraction of sp³-hybridized carbons (Fsp3) is 0.714. The van der Waals surface area contributed by atoms with Gasteiger partial charge in [0.15, 0.2) is 5.03 Å². The van der Waals surface area contributed by atoms with Gasteiger partial charge in [-0.2, -0.15) is 4.31 Å². The van der Waals surface area contributed by atoms with Crippen molar-refractivity contribution in [2.45, 2.75) is 43.7 Å². The molecule has 3 heterocycles. The monoisotopic (exact) mass is 326 g/mol. The minimum atomic E-state index is -3.53. The Morgan fingerprint density at radius 2 is 1.91 bits per heavy atom. The first-order valence-corrected chi connectivity index (χ1v) is 9.13. The Kier molecular flexibility index (Phi) is 3.98. The quantitative estimate of drug-likeness (QED) is 0.811. The standard InChI is InChI=1S/C14H22N4O3S/c1-11-15-13(10-16(11)2)22(20,21)17-8-5-12(6-9-17)18-7-3-4-14(18)19/h10,12H,3-9H2,1-2H3. The van der Waals surface area contributed by atoms with Crippen molar-refractivity contribution in [1.29, 1.82) is 0 Å². The molecule has 1 amide bonds. The average Bonchev–Trinajstić information content (AvgIpc) is 3.06. The minimum absolute atomic E-state index is 0.114. The Balaban J connectivity index is 1.69. The molecular formula is C14H22N4O3S. The Hall–Kier alpha value is -1.41. The van der Waals surface area contributed by atoms with Gasteiger partial charge >= 0.3 is 0 Å². The van der Waals surface area contributed by atoms with Crippen LogP contribution in [0.4, 0.5) is 0 Å². The molecule has 2 aliphatic heterocycles. The van der Waals surface area contributed by atoms with Crippen LogP contribution >= 0.6 is 0 Å². The van der Waals surface area contributed by atoms with Crippen LogP contribution in [0.1, 0.15) is 31.5 Å². The summed E-state index contributed by atoms with van der Waals surface area (Å²) in [6, 6.07) is 0.187. The number of nitrogens with zero attached hydrogens (tertiary/aromatic N) is 4. The first-order chi connectivity index (χ1) is 10.4. The number of carbonyl (C=O) groups is 1. The molecule has 122 valence electrons. The summed E-state index contributed by atoms with van der Waals surface area (Å²) in [4.78, 5) is 17.9. The van der Waals surface area contributed by atoms with Crippen molar-refractivity contribution in [3.8, 4) is 0 Å². The molecular weight excluding hydrogens is 304 g/mol. The zero-order chi connectivity index (χ0) is 15.9. The summed E-state index contributed by atoms with van der Waals surface area (Å²) in [5, 5.41) is 0.114. The van der Waals surface area contributed by atoms with E-state index < -0.39 is 10.0 Å². The van der Waals surface area contributed by atoms with Crippen molar-refractivity contribution < 1.29 is 13.2 Å². The summed E-state index contributed by atoms with van der Waals surface area (Å²) in [5.74, 6) is 0.887. The highest BCUT2D eigenvalue weighted by Crippen LogP contribution is 2.25. The lowest BCUT2D eigenvalue weighted by molar-refractivity contribution is -0.130. The van der Waals surface area contributed by atoms with E-state index in [0.717, 1.165) is 13.0 Å². The second-order valence-electron chi connectivity index (χ2n) is 6.06. The maximum absolute atomic E-state index is 12.6. The lowest BCUT2D eigenvalue weighted by atomic mass is 10.1. The molecule has 0 N–H and O–H groups in total. The number of aromatic nitrogens is 2. The van der Waals surface area contributed by atoms with Crippen LogP contribution in [-0.4, -0.2) is 58.8 Å². The lowest BCUT2D eigenvalue weighted by Gasteiger charge is -2.35. The Bertz CT molecular complexity index is 655. The van der Waals surface area contributed by atoms with E-state index in [1.165, 1.54) is 4.31 Å². The van der Waals surface area contributed by atoms with Crippen molar-refractivity contribution in [1.82, 2.24) is 18.8 Å². The van der Waals surface area contributed by atoms with Crippen LogP contribution < -0.4 is 0 Å². The number of sulfonamides is 1. The van der Waals surface area contributed by atoms with E-state index in [9.17, 15) is 13.2 Å².